The van der Waals surface area contributed by atoms with Gasteiger partial charge in [0.25, 0.3) is 0 Å². The third kappa shape index (κ3) is 4.55. The van der Waals surface area contributed by atoms with Crippen LogP contribution in [0, 0.1) is 0 Å². The number of hydrogen-bond acceptors (Lipinski definition) is 4. The summed E-state index contributed by atoms with van der Waals surface area (Å²) in [6, 6.07) is 14.1. The fraction of sp³-hybridized carbons (Fsp3) is 0.353. The van der Waals surface area contributed by atoms with Crippen LogP contribution in [0.25, 0.3) is 0 Å². The molecule has 1 aromatic carbocycles. The van der Waals surface area contributed by atoms with Crippen molar-refractivity contribution in [2.45, 2.75) is 25.6 Å². The maximum atomic E-state index is 11.9. The largest absolute Gasteiger partial charge is 0.358 e. The van der Waals surface area contributed by atoms with Gasteiger partial charge in [0.05, 0.1) is 18.1 Å². The lowest BCUT2D eigenvalue weighted by atomic mass is 10.2. The summed E-state index contributed by atoms with van der Waals surface area (Å²) < 4.78 is 23.7. The highest BCUT2D eigenvalue weighted by Crippen LogP contribution is 2.22. The third-order valence-corrected chi connectivity index (χ3v) is 7.09. The second kappa shape index (κ2) is 7.63. The summed E-state index contributed by atoms with van der Waals surface area (Å²) in [6.45, 7) is 1.29. The first-order valence-electron chi connectivity index (χ1n) is 7.85. The molecule has 128 valence electrons. The van der Waals surface area contributed by atoms with Gasteiger partial charge in [-0.05, 0) is 35.6 Å². The summed E-state index contributed by atoms with van der Waals surface area (Å²) in [6.07, 6.45) is 0.640. The van der Waals surface area contributed by atoms with E-state index in [1.807, 2.05) is 46.7 Å². The standard InChI is InChI=1S/C17H20N2O2S3/c20-24(21)10-8-15(13-24)19(12-16-7-4-9-23-16)17(22)18-11-14-5-2-1-3-6-14/h1-7,9,15H,8,10-13H2,(H,18,22)/t15-/m1/s1. The summed E-state index contributed by atoms with van der Waals surface area (Å²) in [7, 11) is -2.95. The monoisotopic (exact) mass is 380 g/mol. The van der Waals surface area contributed by atoms with Crippen molar-refractivity contribution < 1.29 is 8.42 Å². The molecule has 0 amide bonds. The van der Waals surface area contributed by atoms with Gasteiger partial charge in [-0.15, -0.1) is 11.3 Å². The third-order valence-electron chi connectivity index (χ3n) is 4.10. The Kier molecular flexibility index (Phi) is 5.53. The number of benzene rings is 1. The van der Waals surface area contributed by atoms with Gasteiger partial charge in [0.2, 0.25) is 0 Å². The molecule has 1 fully saturated rings. The molecule has 0 saturated carbocycles. The lowest BCUT2D eigenvalue weighted by Gasteiger charge is -2.30. The van der Waals surface area contributed by atoms with Crippen LogP contribution in [0.5, 0.6) is 0 Å². The van der Waals surface area contributed by atoms with Crippen LogP contribution in [0.15, 0.2) is 47.8 Å². The van der Waals surface area contributed by atoms with Crippen LogP contribution < -0.4 is 5.32 Å². The molecule has 0 aliphatic carbocycles. The summed E-state index contributed by atoms with van der Waals surface area (Å²) in [5.74, 6) is 0.436. The second-order valence-corrected chi connectivity index (χ2v) is 9.56. The lowest BCUT2D eigenvalue weighted by molar-refractivity contribution is 0.325. The van der Waals surface area contributed by atoms with Gasteiger partial charge >= 0.3 is 0 Å². The number of nitrogens with zero attached hydrogens (tertiary/aromatic N) is 1. The molecule has 1 saturated heterocycles. The van der Waals surface area contributed by atoms with E-state index in [1.54, 1.807) is 11.3 Å². The number of thiophene rings is 1. The van der Waals surface area contributed by atoms with Crippen molar-refractivity contribution >= 4 is 38.5 Å². The quantitative estimate of drug-likeness (QED) is 0.809. The zero-order valence-corrected chi connectivity index (χ0v) is 15.7. The molecule has 3 rings (SSSR count). The molecule has 24 heavy (non-hydrogen) atoms. The molecule has 1 atom stereocenters. The fourth-order valence-corrected chi connectivity index (χ4v) is 5.55. The zero-order chi connectivity index (χ0) is 17.0. The minimum Gasteiger partial charge on any atom is -0.358 e. The summed E-state index contributed by atoms with van der Waals surface area (Å²) in [4.78, 5) is 3.22. The van der Waals surface area contributed by atoms with E-state index in [0.717, 1.165) is 5.56 Å². The minimum atomic E-state index is -2.95. The Balaban J connectivity index is 1.70. The van der Waals surface area contributed by atoms with Crippen LogP contribution in [0.4, 0.5) is 0 Å². The van der Waals surface area contributed by atoms with Gasteiger partial charge in [-0.3, -0.25) is 0 Å². The van der Waals surface area contributed by atoms with Crippen LogP contribution in [0.1, 0.15) is 16.9 Å². The SMILES string of the molecule is O=S1(=O)CC[C@@H](N(Cc2cccs2)C(=S)NCc2ccccc2)C1. The first kappa shape index (κ1) is 17.4. The van der Waals surface area contributed by atoms with Gasteiger partial charge in [-0.25, -0.2) is 8.42 Å². The molecule has 7 heteroatoms. The Labute approximate surface area is 152 Å². The maximum Gasteiger partial charge on any atom is 0.169 e. The van der Waals surface area contributed by atoms with Gasteiger partial charge in [0.15, 0.2) is 14.9 Å². The predicted octanol–water partition coefficient (Wildman–Crippen LogP) is 2.81. The Morgan fingerprint density at radius 3 is 2.67 bits per heavy atom. The molecular formula is C17H20N2O2S3. The Bertz CT molecular complexity index is 773. The second-order valence-electron chi connectivity index (χ2n) is 5.91. The minimum absolute atomic E-state index is 0.0483. The van der Waals surface area contributed by atoms with Gasteiger partial charge in [0, 0.05) is 17.5 Å². The highest BCUT2D eigenvalue weighted by molar-refractivity contribution is 7.91. The van der Waals surface area contributed by atoms with E-state index in [0.29, 0.717) is 24.6 Å². The molecule has 0 radical (unpaired) electrons. The molecule has 0 bridgehead atoms. The molecule has 0 spiro atoms. The molecule has 4 nitrogen and oxygen atoms in total. The summed E-state index contributed by atoms with van der Waals surface area (Å²) in [5.41, 5.74) is 1.15. The molecule has 2 aromatic rings. The molecule has 2 heterocycles. The molecule has 1 N–H and O–H groups in total. The highest BCUT2D eigenvalue weighted by atomic mass is 32.2. The zero-order valence-electron chi connectivity index (χ0n) is 13.2. The van der Waals surface area contributed by atoms with E-state index < -0.39 is 9.84 Å². The highest BCUT2D eigenvalue weighted by Gasteiger charge is 2.33. The fourth-order valence-electron chi connectivity index (χ4n) is 2.83. The van der Waals surface area contributed by atoms with E-state index in [9.17, 15) is 8.42 Å². The number of sulfone groups is 1. The molecule has 0 unspecified atom stereocenters. The molecule has 1 aliphatic heterocycles. The van der Waals surface area contributed by atoms with Crippen LogP contribution in [0.2, 0.25) is 0 Å². The topological polar surface area (TPSA) is 49.4 Å². The lowest BCUT2D eigenvalue weighted by Crippen LogP contribution is -2.45. The van der Waals surface area contributed by atoms with Crippen molar-refractivity contribution in [1.82, 2.24) is 10.2 Å². The smallest absolute Gasteiger partial charge is 0.169 e. The van der Waals surface area contributed by atoms with Gasteiger partial charge < -0.3 is 10.2 Å². The van der Waals surface area contributed by atoms with Gasteiger partial charge in [0.1, 0.15) is 0 Å². The van der Waals surface area contributed by atoms with Gasteiger partial charge in [-0.1, -0.05) is 36.4 Å². The maximum absolute atomic E-state index is 11.9. The average molecular weight is 381 g/mol. The van der Waals surface area contributed by atoms with E-state index in [2.05, 4.69) is 11.4 Å². The number of hydrogen-bond donors (Lipinski definition) is 1. The van der Waals surface area contributed by atoms with Crippen molar-refractivity contribution in [2.75, 3.05) is 11.5 Å². The molecular weight excluding hydrogens is 360 g/mol. The van der Waals surface area contributed by atoms with Crippen LogP contribution >= 0.6 is 23.6 Å². The Morgan fingerprint density at radius 1 is 1.25 bits per heavy atom. The van der Waals surface area contributed by atoms with Crippen molar-refractivity contribution in [1.29, 1.82) is 0 Å². The first-order valence-corrected chi connectivity index (χ1v) is 11.0. The number of thiocarbonyl (C=S) groups is 1. The van der Waals surface area contributed by atoms with Crippen molar-refractivity contribution in [3.05, 3.63) is 58.3 Å². The van der Waals surface area contributed by atoms with Crippen molar-refractivity contribution in [3.63, 3.8) is 0 Å². The summed E-state index contributed by atoms with van der Waals surface area (Å²) in [5, 5.41) is 5.93. The van der Waals surface area contributed by atoms with E-state index in [4.69, 9.17) is 12.2 Å². The van der Waals surface area contributed by atoms with E-state index >= 15 is 0 Å². The Morgan fingerprint density at radius 2 is 2.04 bits per heavy atom. The van der Waals surface area contributed by atoms with Crippen LogP contribution in [0.3, 0.4) is 0 Å². The first-order chi connectivity index (χ1) is 11.5. The molecule has 1 aromatic heterocycles. The van der Waals surface area contributed by atoms with E-state index in [1.165, 1.54) is 4.88 Å². The molecule has 1 aliphatic rings. The van der Waals surface area contributed by atoms with Crippen LogP contribution in [-0.2, 0) is 22.9 Å². The summed E-state index contributed by atoms with van der Waals surface area (Å²) >= 11 is 7.25. The van der Waals surface area contributed by atoms with Gasteiger partial charge in [-0.2, -0.15) is 0 Å². The van der Waals surface area contributed by atoms with Crippen molar-refractivity contribution in [3.8, 4) is 0 Å². The van der Waals surface area contributed by atoms with Crippen molar-refractivity contribution in [2.24, 2.45) is 0 Å². The number of nitrogens with one attached hydrogen (secondary N) is 1. The van der Waals surface area contributed by atoms with Crippen LogP contribution in [-0.4, -0.2) is 36.0 Å². The number of rotatable bonds is 5. The van der Waals surface area contributed by atoms with E-state index in [-0.39, 0.29) is 17.5 Å². The Hall–Kier alpha value is -1.44. The predicted molar refractivity (Wildman–Crippen MR) is 103 cm³/mol. The normalized spacial score (nSPS) is 19.1. The average Bonchev–Trinajstić information content (AvgIpc) is 3.20.